The molecule has 0 saturated heterocycles. The number of benzene rings is 1. The van der Waals surface area contributed by atoms with E-state index in [1.165, 1.54) is 12.1 Å². The summed E-state index contributed by atoms with van der Waals surface area (Å²) in [6.07, 6.45) is -3.56. The molecule has 1 aromatic rings. The maximum absolute atomic E-state index is 12.5. The average molecular weight is 225 g/mol. The van der Waals surface area contributed by atoms with Crippen molar-refractivity contribution in [3.05, 3.63) is 18.2 Å². The van der Waals surface area contributed by atoms with Crippen molar-refractivity contribution in [3.8, 4) is 11.5 Å². The number of alkyl halides is 2. The molecule has 0 bridgehead atoms. The van der Waals surface area contributed by atoms with Crippen molar-refractivity contribution >= 4 is 21.7 Å². The highest BCUT2D eigenvalue weighted by Gasteiger charge is 2.43. The molecule has 0 aromatic heterocycles. The molecule has 0 spiro atoms. The first kappa shape index (κ1) is 8.90. The topological polar surface area (TPSA) is 18.5 Å². The zero-order chi connectivity index (χ0) is 9.47. The first-order valence-electron chi connectivity index (χ1n) is 3.29. The van der Waals surface area contributed by atoms with Crippen LogP contribution in [0.1, 0.15) is 0 Å². The number of hydrogen-bond donors (Lipinski definition) is 0. The van der Waals surface area contributed by atoms with E-state index in [9.17, 15) is 8.78 Å². The van der Waals surface area contributed by atoms with Crippen LogP contribution in [0.4, 0.5) is 8.78 Å². The Morgan fingerprint density at radius 2 is 1.92 bits per heavy atom. The van der Waals surface area contributed by atoms with Gasteiger partial charge in [-0.15, -0.1) is 8.78 Å². The maximum atomic E-state index is 12.5. The van der Waals surface area contributed by atoms with Crippen LogP contribution in [0.25, 0.3) is 0 Å². The summed E-state index contributed by atoms with van der Waals surface area (Å²) in [5.41, 5.74) is 0. The summed E-state index contributed by atoms with van der Waals surface area (Å²) in [6.45, 7) is 0. The molecule has 0 N–H and O–H groups in total. The minimum absolute atomic E-state index is 0.00986. The lowest BCUT2D eigenvalue weighted by atomic mass is 10.3. The van der Waals surface area contributed by atoms with E-state index in [-0.39, 0.29) is 11.5 Å². The average Bonchev–Trinajstić information content (AvgIpc) is 2.36. The van der Waals surface area contributed by atoms with Gasteiger partial charge in [-0.25, -0.2) is 0 Å². The molecule has 2 rings (SSSR count). The molecule has 1 aromatic carbocycles. The fourth-order valence-electron chi connectivity index (χ4n) is 0.977. The molecule has 0 saturated carbocycles. The number of fused-ring (bicyclic) bond motifs is 1. The van der Waals surface area contributed by atoms with Gasteiger partial charge in [0.2, 0.25) is 0 Å². The third kappa shape index (κ3) is 1.66. The largest absolute Gasteiger partial charge is 0.586 e. The molecule has 2 nitrogen and oxygen atoms in total. The van der Waals surface area contributed by atoms with E-state index >= 15 is 0 Å². The van der Waals surface area contributed by atoms with Crippen LogP contribution in [0, 0.1) is 0 Å². The summed E-state index contributed by atoms with van der Waals surface area (Å²) in [5, 5.41) is 0. The predicted molar refractivity (Wildman–Crippen MR) is 44.4 cm³/mol. The Bertz CT molecular complexity index is 345. The lowest BCUT2D eigenvalue weighted by Crippen LogP contribution is -2.25. The number of ether oxygens (including phenoxy) is 2. The normalized spacial score (nSPS) is 17.5. The van der Waals surface area contributed by atoms with Gasteiger partial charge in [-0.2, -0.15) is 0 Å². The van der Waals surface area contributed by atoms with Crippen LogP contribution in [-0.2, 0) is 0 Å². The van der Waals surface area contributed by atoms with Gasteiger partial charge in [0.15, 0.2) is 11.5 Å². The molecule has 0 fully saturated rings. The molecule has 1 aliphatic heterocycles. The Labute approximate surface area is 81.3 Å². The summed E-state index contributed by atoms with van der Waals surface area (Å²) in [6, 6.07) is 4.36. The molecule has 1 heterocycles. The van der Waals surface area contributed by atoms with Crippen molar-refractivity contribution < 1.29 is 18.3 Å². The van der Waals surface area contributed by atoms with Crippen LogP contribution in [0.3, 0.4) is 0 Å². The molecule has 70 valence electrons. The van der Waals surface area contributed by atoms with E-state index in [0.717, 1.165) is 11.0 Å². The van der Waals surface area contributed by atoms with Crippen LogP contribution in [-0.4, -0.2) is 6.29 Å². The Morgan fingerprint density at radius 1 is 1.23 bits per heavy atom. The van der Waals surface area contributed by atoms with Gasteiger partial charge in [0.25, 0.3) is 0 Å². The Hall–Kier alpha value is -0.680. The Morgan fingerprint density at radius 3 is 2.62 bits per heavy atom. The first-order chi connectivity index (χ1) is 6.11. The third-order valence-electron chi connectivity index (χ3n) is 1.46. The van der Waals surface area contributed by atoms with Crippen molar-refractivity contribution in [1.82, 2.24) is 0 Å². The van der Waals surface area contributed by atoms with Gasteiger partial charge in [0.1, 0.15) is 0 Å². The monoisotopic (exact) mass is 224 g/mol. The highest BCUT2D eigenvalue weighted by molar-refractivity contribution is 8.21. The lowest BCUT2D eigenvalue weighted by molar-refractivity contribution is -0.286. The molecule has 1 aliphatic rings. The van der Waals surface area contributed by atoms with Crippen molar-refractivity contribution in [1.29, 1.82) is 0 Å². The SMILES string of the molecule is FC1(F)Oc2ccc(SCl)cc2O1. The summed E-state index contributed by atoms with van der Waals surface area (Å²) >= 11 is 0. The smallest absolute Gasteiger partial charge is 0.395 e. The van der Waals surface area contributed by atoms with Crippen LogP contribution in [0.15, 0.2) is 23.1 Å². The highest BCUT2D eigenvalue weighted by atomic mass is 35.7. The molecule has 6 heteroatoms. The van der Waals surface area contributed by atoms with Gasteiger partial charge in [0.05, 0.1) is 0 Å². The second-order valence-corrected chi connectivity index (χ2v) is 3.44. The fourth-order valence-corrected chi connectivity index (χ4v) is 1.54. The van der Waals surface area contributed by atoms with Crippen molar-refractivity contribution in [2.45, 2.75) is 11.2 Å². The Kier molecular flexibility index (Phi) is 2.00. The molecule has 0 radical (unpaired) electrons. The van der Waals surface area contributed by atoms with Gasteiger partial charge in [-0.3, -0.25) is 0 Å². The van der Waals surface area contributed by atoms with Gasteiger partial charge in [0, 0.05) is 4.90 Å². The van der Waals surface area contributed by atoms with Crippen molar-refractivity contribution in [3.63, 3.8) is 0 Å². The second-order valence-electron chi connectivity index (χ2n) is 2.35. The number of hydrogen-bond acceptors (Lipinski definition) is 3. The van der Waals surface area contributed by atoms with Gasteiger partial charge < -0.3 is 9.47 Å². The van der Waals surface area contributed by atoms with E-state index in [1.807, 2.05) is 0 Å². The van der Waals surface area contributed by atoms with Crippen LogP contribution >= 0.6 is 21.7 Å². The van der Waals surface area contributed by atoms with Crippen LogP contribution < -0.4 is 9.47 Å². The molecular formula is C7H3ClF2O2S. The van der Waals surface area contributed by atoms with Gasteiger partial charge in [-0.1, -0.05) is 0 Å². The van der Waals surface area contributed by atoms with E-state index < -0.39 is 6.29 Å². The van der Waals surface area contributed by atoms with E-state index in [2.05, 4.69) is 9.47 Å². The summed E-state index contributed by atoms with van der Waals surface area (Å²) in [5.74, 6) is 0.0371. The van der Waals surface area contributed by atoms with Crippen LogP contribution in [0.5, 0.6) is 11.5 Å². The van der Waals surface area contributed by atoms with Crippen molar-refractivity contribution in [2.75, 3.05) is 0 Å². The molecule has 0 atom stereocenters. The Balaban J connectivity index is 2.36. The molecule has 0 unspecified atom stereocenters. The minimum Gasteiger partial charge on any atom is -0.395 e. The molecule has 13 heavy (non-hydrogen) atoms. The summed E-state index contributed by atoms with van der Waals surface area (Å²) in [4.78, 5) is 0.627. The fraction of sp³-hybridized carbons (Fsp3) is 0.143. The zero-order valence-electron chi connectivity index (χ0n) is 6.09. The van der Waals surface area contributed by atoms with Gasteiger partial charge >= 0.3 is 6.29 Å². The van der Waals surface area contributed by atoms with E-state index in [0.29, 0.717) is 4.90 Å². The van der Waals surface area contributed by atoms with Gasteiger partial charge in [-0.05, 0) is 39.9 Å². The number of halogens is 3. The highest BCUT2D eigenvalue weighted by Crippen LogP contribution is 2.43. The molecular weight excluding hydrogens is 222 g/mol. The standard InChI is InChI=1S/C7H3ClF2O2S/c8-13-4-1-2-5-6(3-4)12-7(9,10)11-5/h1-3H. The maximum Gasteiger partial charge on any atom is 0.586 e. The molecule has 0 aliphatic carbocycles. The van der Waals surface area contributed by atoms with Crippen LogP contribution in [0.2, 0.25) is 0 Å². The van der Waals surface area contributed by atoms with E-state index in [4.69, 9.17) is 10.7 Å². The number of rotatable bonds is 1. The van der Waals surface area contributed by atoms with E-state index in [1.54, 1.807) is 6.07 Å². The summed E-state index contributed by atoms with van der Waals surface area (Å²) < 4.78 is 33.4. The summed E-state index contributed by atoms with van der Waals surface area (Å²) in [7, 11) is 6.36. The lowest BCUT2D eigenvalue weighted by Gasteiger charge is -2.04. The second kappa shape index (κ2) is 2.92. The quantitative estimate of drug-likeness (QED) is 0.730. The minimum atomic E-state index is -3.56. The zero-order valence-corrected chi connectivity index (χ0v) is 7.66. The molecule has 0 amide bonds. The predicted octanol–water partition coefficient (Wildman–Crippen LogP) is 3.25. The third-order valence-corrected chi connectivity index (χ3v) is 2.43. The first-order valence-corrected chi connectivity index (χ1v) is 4.93. The van der Waals surface area contributed by atoms with Crippen molar-refractivity contribution in [2.24, 2.45) is 0 Å².